The lowest BCUT2D eigenvalue weighted by Gasteiger charge is -2.28. The van der Waals surface area contributed by atoms with Gasteiger partial charge in [-0.05, 0) is 55.7 Å². The minimum atomic E-state index is -0.667. The third-order valence-corrected chi connectivity index (χ3v) is 5.37. The van der Waals surface area contributed by atoms with Crippen LogP contribution in [0.15, 0.2) is 59.7 Å². The van der Waals surface area contributed by atoms with Crippen molar-refractivity contribution in [1.82, 2.24) is 0 Å². The normalized spacial score (nSPS) is 19.0. The van der Waals surface area contributed by atoms with Gasteiger partial charge in [-0.15, -0.1) is 0 Å². The average molecular weight is 391 g/mol. The van der Waals surface area contributed by atoms with Crippen molar-refractivity contribution in [3.05, 3.63) is 54.6 Å². The highest BCUT2D eigenvalue weighted by Crippen LogP contribution is 2.25. The molecule has 0 aliphatic carbocycles. The number of nitrogens with zero attached hydrogens (tertiary/aromatic N) is 3. The highest BCUT2D eigenvalue weighted by Gasteiger charge is 2.34. The Morgan fingerprint density at radius 1 is 0.931 bits per heavy atom. The fourth-order valence-electron chi connectivity index (χ4n) is 3.80. The molecule has 150 valence electrons. The quantitative estimate of drug-likeness (QED) is 0.820. The van der Waals surface area contributed by atoms with Crippen molar-refractivity contribution >= 4 is 34.6 Å². The lowest BCUT2D eigenvalue weighted by molar-refractivity contribution is -0.119. The fraction of sp³-hybridized carbons (Fsp3) is 0.318. The van der Waals surface area contributed by atoms with E-state index in [1.54, 1.807) is 0 Å². The van der Waals surface area contributed by atoms with Crippen molar-refractivity contribution in [2.75, 3.05) is 28.3 Å². The molecule has 1 fully saturated rings. The van der Waals surface area contributed by atoms with Gasteiger partial charge in [0.05, 0.1) is 5.69 Å². The first-order valence-corrected chi connectivity index (χ1v) is 9.99. The molecule has 2 heterocycles. The number of hydrazone groups is 1. The number of hydrogen-bond acceptors (Lipinski definition) is 5. The van der Waals surface area contributed by atoms with Crippen molar-refractivity contribution < 1.29 is 9.59 Å². The minimum absolute atomic E-state index is 0.182. The summed E-state index contributed by atoms with van der Waals surface area (Å²) in [4.78, 5) is 27.0. The van der Waals surface area contributed by atoms with Gasteiger partial charge in [-0.1, -0.05) is 18.2 Å². The Balaban J connectivity index is 1.45. The number of carbonyl (C=O) groups is 2. The number of primary amides is 1. The van der Waals surface area contributed by atoms with Gasteiger partial charge in [-0.2, -0.15) is 5.10 Å². The summed E-state index contributed by atoms with van der Waals surface area (Å²) in [5.41, 5.74) is 8.43. The molecule has 1 saturated heterocycles. The van der Waals surface area contributed by atoms with Crippen LogP contribution in [0.2, 0.25) is 0 Å². The topological polar surface area (TPSA) is 91.0 Å². The lowest BCUT2D eigenvalue weighted by Crippen LogP contribution is -2.39. The van der Waals surface area contributed by atoms with Gasteiger partial charge < -0.3 is 16.0 Å². The van der Waals surface area contributed by atoms with E-state index in [1.807, 2.05) is 54.6 Å². The van der Waals surface area contributed by atoms with Crippen LogP contribution in [0.5, 0.6) is 0 Å². The molecule has 2 aliphatic rings. The van der Waals surface area contributed by atoms with Gasteiger partial charge in [0.1, 0.15) is 11.8 Å². The predicted molar refractivity (Wildman–Crippen MR) is 115 cm³/mol. The second-order valence-electron chi connectivity index (χ2n) is 7.40. The van der Waals surface area contributed by atoms with E-state index in [-0.39, 0.29) is 18.0 Å². The van der Waals surface area contributed by atoms with Gasteiger partial charge in [0.2, 0.25) is 5.91 Å². The molecule has 0 spiro atoms. The van der Waals surface area contributed by atoms with E-state index in [2.05, 4.69) is 15.3 Å². The van der Waals surface area contributed by atoms with Gasteiger partial charge in [0, 0.05) is 30.9 Å². The monoisotopic (exact) mass is 391 g/mol. The number of piperidine rings is 1. The Hall–Kier alpha value is -3.35. The van der Waals surface area contributed by atoms with Crippen molar-refractivity contribution in [2.24, 2.45) is 10.8 Å². The number of para-hydroxylation sites is 1. The maximum absolute atomic E-state index is 12.7. The Morgan fingerprint density at radius 2 is 1.62 bits per heavy atom. The number of nitrogens with one attached hydrogen (secondary N) is 1. The second kappa shape index (κ2) is 8.34. The molecule has 0 bridgehead atoms. The van der Waals surface area contributed by atoms with Gasteiger partial charge in [0.15, 0.2) is 0 Å². The molecule has 2 amide bonds. The Bertz CT molecular complexity index is 905. The SMILES string of the molecule is NC(=O)[C@H]1CC(C(=O)Nc2ccc(N3CCCCC3)cc2)=NN1c1ccccc1. The molecule has 7 nitrogen and oxygen atoms in total. The Kier molecular flexibility index (Phi) is 5.46. The summed E-state index contributed by atoms with van der Waals surface area (Å²) in [6.07, 6.45) is 3.91. The van der Waals surface area contributed by atoms with E-state index < -0.39 is 11.9 Å². The van der Waals surface area contributed by atoms with E-state index in [0.29, 0.717) is 5.69 Å². The minimum Gasteiger partial charge on any atom is -0.372 e. The Morgan fingerprint density at radius 3 is 2.28 bits per heavy atom. The van der Waals surface area contributed by atoms with Crippen molar-refractivity contribution in [2.45, 2.75) is 31.7 Å². The summed E-state index contributed by atoms with van der Waals surface area (Å²) in [5, 5.41) is 8.78. The summed E-state index contributed by atoms with van der Waals surface area (Å²) in [6, 6.07) is 16.4. The molecule has 1 atom stereocenters. The van der Waals surface area contributed by atoms with Crippen LogP contribution in [-0.4, -0.2) is 36.7 Å². The van der Waals surface area contributed by atoms with Crippen molar-refractivity contribution in [1.29, 1.82) is 0 Å². The van der Waals surface area contributed by atoms with Crippen molar-refractivity contribution in [3.63, 3.8) is 0 Å². The predicted octanol–water partition coefficient (Wildman–Crippen LogP) is 2.74. The van der Waals surface area contributed by atoms with E-state index in [0.717, 1.165) is 18.8 Å². The van der Waals surface area contributed by atoms with Crippen LogP contribution in [0.25, 0.3) is 0 Å². The van der Waals surface area contributed by atoms with Gasteiger partial charge in [0.25, 0.3) is 5.91 Å². The first-order valence-electron chi connectivity index (χ1n) is 9.99. The summed E-state index contributed by atoms with van der Waals surface area (Å²) < 4.78 is 0. The number of anilines is 3. The molecule has 2 aliphatic heterocycles. The van der Waals surface area contributed by atoms with E-state index in [4.69, 9.17) is 5.73 Å². The number of nitrogens with two attached hydrogens (primary N) is 1. The molecule has 4 rings (SSSR count). The molecule has 29 heavy (non-hydrogen) atoms. The van der Waals surface area contributed by atoms with Gasteiger partial charge in [-0.25, -0.2) is 0 Å². The molecular formula is C22H25N5O2. The van der Waals surface area contributed by atoms with Crippen LogP contribution >= 0.6 is 0 Å². The highest BCUT2D eigenvalue weighted by molar-refractivity contribution is 6.44. The summed E-state index contributed by atoms with van der Waals surface area (Å²) >= 11 is 0. The van der Waals surface area contributed by atoms with Crippen LogP contribution in [0.1, 0.15) is 25.7 Å². The van der Waals surface area contributed by atoms with Gasteiger partial charge in [-0.3, -0.25) is 14.6 Å². The number of hydrogen-bond donors (Lipinski definition) is 2. The molecule has 0 saturated carbocycles. The van der Waals surface area contributed by atoms with E-state index >= 15 is 0 Å². The summed E-state index contributed by atoms with van der Waals surface area (Å²) in [6.45, 7) is 2.15. The molecule has 2 aromatic carbocycles. The average Bonchev–Trinajstić information content (AvgIpc) is 3.22. The maximum atomic E-state index is 12.7. The maximum Gasteiger partial charge on any atom is 0.271 e. The molecule has 7 heteroatoms. The largest absolute Gasteiger partial charge is 0.372 e. The molecule has 0 radical (unpaired) electrons. The van der Waals surface area contributed by atoms with Crippen molar-refractivity contribution in [3.8, 4) is 0 Å². The number of carbonyl (C=O) groups excluding carboxylic acids is 2. The third-order valence-electron chi connectivity index (χ3n) is 5.37. The van der Waals surface area contributed by atoms with Crippen LogP contribution in [0.3, 0.4) is 0 Å². The lowest BCUT2D eigenvalue weighted by atomic mass is 10.1. The zero-order valence-corrected chi connectivity index (χ0v) is 16.3. The Labute approximate surface area is 170 Å². The number of benzene rings is 2. The number of rotatable bonds is 5. The van der Waals surface area contributed by atoms with Crippen LogP contribution < -0.4 is 21.0 Å². The molecule has 2 aromatic rings. The van der Waals surface area contributed by atoms with E-state index in [1.165, 1.54) is 30.0 Å². The van der Waals surface area contributed by atoms with Crippen LogP contribution in [0.4, 0.5) is 17.1 Å². The first-order chi connectivity index (χ1) is 14.1. The standard InChI is InChI=1S/C22H25N5O2/c23-21(28)20-15-19(25-27(20)18-7-3-1-4-8-18)22(29)24-16-9-11-17(12-10-16)26-13-5-2-6-14-26/h1,3-4,7-12,20H,2,5-6,13-15H2,(H2,23,28)(H,24,29)/t20-/m1/s1. The smallest absolute Gasteiger partial charge is 0.271 e. The molecule has 0 unspecified atom stereocenters. The van der Waals surface area contributed by atoms with Crippen LogP contribution in [0, 0.1) is 0 Å². The highest BCUT2D eigenvalue weighted by atomic mass is 16.2. The molecule has 0 aromatic heterocycles. The zero-order chi connectivity index (χ0) is 20.2. The summed E-state index contributed by atoms with van der Waals surface area (Å²) in [5.74, 6) is -0.827. The van der Waals surface area contributed by atoms with E-state index in [9.17, 15) is 9.59 Å². The molecule has 3 N–H and O–H groups in total. The van der Waals surface area contributed by atoms with Gasteiger partial charge >= 0.3 is 0 Å². The van der Waals surface area contributed by atoms with Crippen LogP contribution in [-0.2, 0) is 9.59 Å². The third kappa shape index (κ3) is 4.23. The summed E-state index contributed by atoms with van der Waals surface area (Å²) in [7, 11) is 0. The zero-order valence-electron chi connectivity index (χ0n) is 16.3. The fourth-order valence-corrected chi connectivity index (χ4v) is 3.80. The molecular weight excluding hydrogens is 366 g/mol. The first kappa shape index (κ1) is 19.0. The second-order valence-corrected chi connectivity index (χ2v) is 7.40. The number of amides is 2.